The van der Waals surface area contributed by atoms with Gasteiger partial charge in [0.1, 0.15) is 31.2 Å². The first-order valence-corrected chi connectivity index (χ1v) is 11.7. The van der Waals surface area contributed by atoms with Gasteiger partial charge in [0.05, 0.1) is 19.9 Å². The van der Waals surface area contributed by atoms with Crippen LogP contribution < -0.4 is 20.6 Å². The van der Waals surface area contributed by atoms with Crippen molar-refractivity contribution in [2.75, 3.05) is 24.9 Å². The molecule has 2 aromatic carbocycles. The SMILES string of the molecule is COc1cc(C=NNc2nc3c(N)ncnc3n2[C@H]2O[C@@H](CO)[C@@H](O)[C@@H]2O)ccc1OCc1ccccc1. The molecule has 13 heteroatoms. The van der Waals surface area contributed by atoms with Gasteiger partial charge in [0, 0.05) is 0 Å². The number of hydrogen-bond acceptors (Lipinski definition) is 12. The van der Waals surface area contributed by atoms with Crippen LogP contribution in [0.2, 0.25) is 0 Å². The van der Waals surface area contributed by atoms with Crippen LogP contribution in [-0.2, 0) is 11.3 Å². The third kappa shape index (κ3) is 4.95. The zero-order valence-corrected chi connectivity index (χ0v) is 20.4. The Balaban J connectivity index is 1.37. The highest BCUT2D eigenvalue weighted by molar-refractivity contribution is 5.85. The van der Waals surface area contributed by atoms with Crippen LogP contribution in [0.15, 0.2) is 60.0 Å². The van der Waals surface area contributed by atoms with Crippen molar-refractivity contribution in [3.8, 4) is 11.5 Å². The highest BCUT2D eigenvalue weighted by atomic mass is 16.6. The fourth-order valence-corrected chi connectivity index (χ4v) is 4.12. The van der Waals surface area contributed by atoms with E-state index in [0.717, 1.165) is 5.56 Å². The summed E-state index contributed by atoms with van der Waals surface area (Å²) in [6.45, 7) is -0.0817. The predicted octanol–water partition coefficient (Wildman–Crippen LogP) is 1.05. The summed E-state index contributed by atoms with van der Waals surface area (Å²) < 4.78 is 18.5. The summed E-state index contributed by atoms with van der Waals surface area (Å²) in [5.41, 5.74) is 11.0. The molecule has 198 valence electrons. The Morgan fingerprint density at radius 2 is 1.95 bits per heavy atom. The molecule has 1 saturated heterocycles. The van der Waals surface area contributed by atoms with Crippen LogP contribution in [0.5, 0.6) is 11.5 Å². The molecule has 1 aliphatic rings. The highest BCUT2D eigenvalue weighted by Gasteiger charge is 2.45. The lowest BCUT2D eigenvalue weighted by Gasteiger charge is -2.18. The van der Waals surface area contributed by atoms with E-state index >= 15 is 0 Å². The molecule has 4 atom stereocenters. The summed E-state index contributed by atoms with van der Waals surface area (Å²) in [6, 6.07) is 15.2. The second kappa shape index (κ2) is 11.0. The fraction of sp³-hybridized carbons (Fsp3) is 0.280. The first-order valence-electron chi connectivity index (χ1n) is 11.7. The minimum absolute atomic E-state index is 0.114. The number of rotatable bonds is 9. The van der Waals surface area contributed by atoms with Crippen LogP contribution in [0.25, 0.3) is 11.2 Å². The Kier molecular flexibility index (Phi) is 7.33. The van der Waals surface area contributed by atoms with E-state index in [1.54, 1.807) is 25.5 Å². The van der Waals surface area contributed by atoms with Gasteiger partial charge in [0.25, 0.3) is 0 Å². The maximum atomic E-state index is 10.6. The Morgan fingerprint density at radius 3 is 2.68 bits per heavy atom. The average molecular weight is 522 g/mol. The smallest absolute Gasteiger partial charge is 0.228 e. The third-order valence-corrected chi connectivity index (χ3v) is 6.08. The van der Waals surface area contributed by atoms with E-state index in [4.69, 9.17) is 19.9 Å². The van der Waals surface area contributed by atoms with Crippen molar-refractivity contribution in [3.05, 3.63) is 66.0 Å². The number of nitrogen functional groups attached to an aromatic ring is 1. The minimum Gasteiger partial charge on any atom is -0.493 e. The minimum atomic E-state index is -1.36. The molecule has 5 rings (SSSR count). The van der Waals surface area contributed by atoms with E-state index in [-0.39, 0.29) is 22.9 Å². The molecule has 4 aromatic rings. The van der Waals surface area contributed by atoms with Crippen molar-refractivity contribution in [2.24, 2.45) is 5.10 Å². The largest absolute Gasteiger partial charge is 0.493 e. The van der Waals surface area contributed by atoms with Gasteiger partial charge in [-0.25, -0.2) is 20.4 Å². The van der Waals surface area contributed by atoms with Crippen LogP contribution in [-0.4, -0.2) is 73.1 Å². The van der Waals surface area contributed by atoms with Crippen molar-refractivity contribution in [1.82, 2.24) is 19.5 Å². The molecule has 0 bridgehead atoms. The van der Waals surface area contributed by atoms with Crippen molar-refractivity contribution in [1.29, 1.82) is 0 Å². The Labute approximate surface area is 217 Å². The number of aromatic nitrogens is 4. The topological polar surface area (TPSA) is 182 Å². The Hall–Kier alpha value is -4.30. The number of fused-ring (bicyclic) bond motifs is 1. The number of hydrazone groups is 1. The average Bonchev–Trinajstić information content (AvgIpc) is 3.45. The second-order valence-corrected chi connectivity index (χ2v) is 8.52. The number of methoxy groups -OCH3 is 1. The lowest BCUT2D eigenvalue weighted by Crippen LogP contribution is -2.33. The van der Waals surface area contributed by atoms with Gasteiger partial charge in [-0.05, 0) is 29.3 Å². The van der Waals surface area contributed by atoms with Crippen molar-refractivity contribution < 1.29 is 29.5 Å². The number of aliphatic hydroxyl groups is 3. The summed E-state index contributed by atoms with van der Waals surface area (Å²) in [7, 11) is 1.55. The van der Waals surface area contributed by atoms with Crippen LogP contribution in [0.1, 0.15) is 17.4 Å². The number of imidazole rings is 1. The van der Waals surface area contributed by atoms with Crippen molar-refractivity contribution in [2.45, 2.75) is 31.1 Å². The molecule has 1 fully saturated rings. The standard InChI is InChI=1S/C25H27N7O6/c1-36-17-9-15(7-8-16(17)37-12-14-5-3-2-4-6-14)10-29-31-25-30-19-22(26)27-13-28-23(19)32(25)24-21(35)20(34)18(11-33)38-24/h2-10,13,18,20-21,24,33-35H,11-12H2,1H3,(H,30,31)(H2,26,27,28)/t18-,20+,21-,24-/m0/s1. The van der Waals surface area contributed by atoms with Gasteiger partial charge in [-0.15, -0.1) is 0 Å². The number of ether oxygens (including phenoxy) is 3. The van der Waals surface area contributed by atoms with E-state index in [2.05, 4.69) is 25.5 Å². The molecule has 3 heterocycles. The number of nitrogens with zero attached hydrogens (tertiary/aromatic N) is 5. The van der Waals surface area contributed by atoms with Crippen molar-refractivity contribution >= 4 is 29.1 Å². The molecule has 1 aliphatic heterocycles. The summed E-state index contributed by atoms with van der Waals surface area (Å²) in [5.74, 6) is 1.37. The fourth-order valence-electron chi connectivity index (χ4n) is 4.12. The van der Waals surface area contributed by atoms with Gasteiger partial charge in [0.2, 0.25) is 5.95 Å². The molecule has 2 aromatic heterocycles. The molecule has 38 heavy (non-hydrogen) atoms. The van der Waals surface area contributed by atoms with Gasteiger partial charge in [0.15, 0.2) is 34.7 Å². The van der Waals surface area contributed by atoms with Crippen LogP contribution in [0.3, 0.4) is 0 Å². The number of nitrogens with two attached hydrogens (primary N) is 1. The lowest BCUT2D eigenvalue weighted by atomic mass is 10.1. The van der Waals surface area contributed by atoms with Gasteiger partial charge in [-0.1, -0.05) is 30.3 Å². The number of hydrogen-bond donors (Lipinski definition) is 5. The molecule has 0 radical (unpaired) electrons. The number of aliphatic hydroxyl groups excluding tert-OH is 3. The van der Waals surface area contributed by atoms with Crippen LogP contribution in [0, 0.1) is 0 Å². The molecular formula is C25H27N7O6. The summed E-state index contributed by atoms with van der Waals surface area (Å²) in [5, 5.41) is 34.6. The number of nitrogens with one attached hydrogen (secondary N) is 1. The Morgan fingerprint density at radius 1 is 1.13 bits per heavy atom. The quantitative estimate of drug-likeness (QED) is 0.157. The number of anilines is 2. The molecule has 13 nitrogen and oxygen atoms in total. The zero-order valence-electron chi connectivity index (χ0n) is 20.4. The predicted molar refractivity (Wildman–Crippen MR) is 138 cm³/mol. The Bertz CT molecular complexity index is 1430. The lowest BCUT2D eigenvalue weighted by molar-refractivity contribution is -0.0501. The summed E-state index contributed by atoms with van der Waals surface area (Å²) in [4.78, 5) is 12.6. The molecule has 6 N–H and O–H groups in total. The second-order valence-electron chi connectivity index (χ2n) is 8.52. The molecule has 0 unspecified atom stereocenters. The van der Waals surface area contributed by atoms with E-state index < -0.39 is 31.1 Å². The van der Waals surface area contributed by atoms with Gasteiger partial charge in [-0.3, -0.25) is 4.57 Å². The molecule has 0 saturated carbocycles. The third-order valence-electron chi connectivity index (χ3n) is 6.08. The number of benzene rings is 2. The first kappa shape index (κ1) is 25.4. The van der Waals surface area contributed by atoms with Crippen LogP contribution >= 0.6 is 0 Å². The van der Waals surface area contributed by atoms with E-state index in [1.165, 1.54) is 10.9 Å². The normalized spacial score (nSPS) is 21.3. The van der Waals surface area contributed by atoms with Gasteiger partial charge in [-0.2, -0.15) is 5.10 Å². The van der Waals surface area contributed by atoms with Crippen molar-refractivity contribution in [3.63, 3.8) is 0 Å². The maximum absolute atomic E-state index is 10.6. The van der Waals surface area contributed by atoms with Gasteiger partial charge < -0.3 is 35.3 Å². The monoisotopic (exact) mass is 521 g/mol. The molecule has 0 amide bonds. The summed E-state index contributed by atoms with van der Waals surface area (Å²) in [6.07, 6.45) is -1.98. The highest BCUT2D eigenvalue weighted by Crippen LogP contribution is 2.35. The van der Waals surface area contributed by atoms with Crippen LogP contribution in [0.4, 0.5) is 11.8 Å². The molecule has 0 aliphatic carbocycles. The zero-order chi connectivity index (χ0) is 26.6. The van der Waals surface area contributed by atoms with E-state index in [9.17, 15) is 15.3 Å². The summed E-state index contributed by atoms with van der Waals surface area (Å²) >= 11 is 0. The van der Waals surface area contributed by atoms with E-state index in [1.807, 2.05) is 36.4 Å². The van der Waals surface area contributed by atoms with Gasteiger partial charge >= 0.3 is 0 Å². The molecular weight excluding hydrogens is 494 g/mol. The maximum Gasteiger partial charge on any atom is 0.228 e. The van der Waals surface area contributed by atoms with E-state index in [0.29, 0.717) is 23.7 Å². The first-order chi connectivity index (χ1) is 18.5. The molecule has 0 spiro atoms.